The number of hydrogen-bond acceptors (Lipinski definition) is 3. The summed E-state index contributed by atoms with van der Waals surface area (Å²) in [5.74, 6) is 0.216. The first-order valence-electron chi connectivity index (χ1n) is 6.92. The Morgan fingerprint density at radius 2 is 2.14 bits per heavy atom. The molecule has 1 heterocycles. The molecule has 1 aliphatic heterocycles. The van der Waals surface area contributed by atoms with Crippen LogP contribution in [-0.4, -0.2) is 31.4 Å². The van der Waals surface area contributed by atoms with Crippen molar-refractivity contribution in [3.63, 3.8) is 0 Å². The number of benzene rings is 1. The number of rotatable bonds is 4. The molecular formula is C15H22ClN3O2. The molecule has 116 valence electrons. The summed E-state index contributed by atoms with van der Waals surface area (Å²) in [6, 6.07) is 5.49. The normalized spacial score (nSPS) is 14.1. The quantitative estimate of drug-likeness (QED) is 0.881. The number of carbonyl (C=O) groups is 2. The first kappa shape index (κ1) is 17.5. The number of nitrogens with one attached hydrogen (secondary N) is 1. The Morgan fingerprint density at radius 3 is 2.76 bits per heavy atom. The van der Waals surface area contributed by atoms with E-state index in [1.165, 1.54) is 0 Å². The third-order valence-electron chi connectivity index (χ3n) is 3.63. The second kappa shape index (κ2) is 7.43. The van der Waals surface area contributed by atoms with Gasteiger partial charge in [0.2, 0.25) is 5.91 Å². The van der Waals surface area contributed by atoms with Gasteiger partial charge in [-0.05, 0) is 42.6 Å². The lowest BCUT2D eigenvalue weighted by Gasteiger charge is -2.15. The predicted molar refractivity (Wildman–Crippen MR) is 86.0 cm³/mol. The van der Waals surface area contributed by atoms with Crippen LogP contribution in [0.5, 0.6) is 0 Å². The molecule has 1 unspecified atom stereocenters. The molecule has 1 aliphatic rings. The molecule has 21 heavy (non-hydrogen) atoms. The van der Waals surface area contributed by atoms with Crippen LogP contribution < -0.4 is 16.0 Å². The summed E-state index contributed by atoms with van der Waals surface area (Å²) >= 11 is 0. The fraction of sp³-hybridized carbons (Fsp3) is 0.467. The second-order valence-electron chi connectivity index (χ2n) is 5.32. The maximum atomic E-state index is 12.0. The van der Waals surface area contributed by atoms with Crippen molar-refractivity contribution < 1.29 is 9.59 Å². The fourth-order valence-corrected chi connectivity index (χ4v) is 2.32. The van der Waals surface area contributed by atoms with Crippen LogP contribution in [0.1, 0.15) is 29.8 Å². The Balaban J connectivity index is 0.00000220. The van der Waals surface area contributed by atoms with E-state index in [0.717, 1.165) is 17.7 Å². The van der Waals surface area contributed by atoms with Gasteiger partial charge in [0.1, 0.15) is 0 Å². The Hall–Kier alpha value is -1.59. The summed E-state index contributed by atoms with van der Waals surface area (Å²) < 4.78 is 0. The van der Waals surface area contributed by atoms with E-state index in [2.05, 4.69) is 5.32 Å². The van der Waals surface area contributed by atoms with Crippen LogP contribution in [-0.2, 0) is 11.2 Å². The Bertz CT molecular complexity index is 534. The monoisotopic (exact) mass is 311 g/mol. The number of halogens is 1. The zero-order valence-electron chi connectivity index (χ0n) is 12.4. The van der Waals surface area contributed by atoms with Gasteiger partial charge in [0.05, 0.1) is 0 Å². The molecule has 0 saturated carbocycles. The predicted octanol–water partition coefficient (Wildman–Crippen LogP) is 1.34. The van der Waals surface area contributed by atoms with E-state index >= 15 is 0 Å². The van der Waals surface area contributed by atoms with Gasteiger partial charge in [-0.3, -0.25) is 9.59 Å². The van der Waals surface area contributed by atoms with Crippen LogP contribution in [0.2, 0.25) is 0 Å². The van der Waals surface area contributed by atoms with Gasteiger partial charge in [0.15, 0.2) is 0 Å². The van der Waals surface area contributed by atoms with Crippen molar-refractivity contribution in [2.45, 2.75) is 20.3 Å². The van der Waals surface area contributed by atoms with Crippen molar-refractivity contribution in [1.82, 2.24) is 5.32 Å². The topological polar surface area (TPSA) is 75.4 Å². The van der Waals surface area contributed by atoms with Gasteiger partial charge in [-0.15, -0.1) is 12.4 Å². The molecule has 0 aliphatic carbocycles. The first-order valence-corrected chi connectivity index (χ1v) is 6.92. The molecule has 0 bridgehead atoms. The van der Waals surface area contributed by atoms with E-state index in [1.54, 1.807) is 17.9 Å². The van der Waals surface area contributed by atoms with Gasteiger partial charge in [0.25, 0.3) is 5.91 Å². The van der Waals surface area contributed by atoms with Gasteiger partial charge in [-0.1, -0.05) is 6.92 Å². The summed E-state index contributed by atoms with van der Waals surface area (Å²) in [5.41, 5.74) is 8.14. The van der Waals surface area contributed by atoms with E-state index < -0.39 is 0 Å². The largest absolute Gasteiger partial charge is 0.352 e. The standard InChI is InChI=1S/C15H21N3O2.ClH/c1-10(8-16)9-17-15(20)13-3-4-14-12(7-13)5-6-18(14)11(2)19;/h3-4,7,10H,5-6,8-9,16H2,1-2H3,(H,17,20);1H. The van der Waals surface area contributed by atoms with Crippen LogP contribution in [0.15, 0.2) is 18.2 Å². The lowest BCUT2D eigenvalue weighted by Crippen LogP contribution is -2.31. The number of amides is 2. The average molecular weight is 312 g/mol. The lowest BCUT2D eigenvalue weighted by molar-refractivity contribution is -0.116. The first-order chi connectivity index (χ1) is 9.52. The Labute approximate surface area is 131 Å². The smallest absolute Gasteiger partial charge is 0.251 e. The molecule has 0 spiro atoms. The van der Waals surface area contributed by atoms with Gasteiger partial charge in [-0.25, -0.2) is 0 Å². The maximum absolute atomic E-state index is 12.0. The van der Waals surface area contributed by atoms with Gasteiger partial charge < -0.3 is 16.0 Å². The molecule has 0 radical (unpaired) electrons. The number of anilines is 1. The number of carbonyl (C=O) groups excluding carboxylic acids is 2. The van der Waals surface area contributed by atoms with E-state index in [9.17, 15) is 9.59 Å². The highest BCUT2D eigenvalue weighted by molar-refractivity contribution is 5.97. The highest BCUT2D eigenvalue weighted by Crippen LogP contribution is 2.28. The summed E-state index contributed by atoms with van der Waals surface area (Å²) in [6.07, 6.45) is 0.801. The molecule has 2 rings (SSSR count). The highest BCUT2D eigenvalue weighted by Gasteiger charge is 2.23. The Kier molecular flexibility index (Phi) is 6.18. The average Bonchev–Trinajstić information content (AvgIpc) is 2.87. The molecule has 6 heteroatoms. The van der Waals surface area contributed by atoms with E-state index in [0.29, 0.717) is 25.2 Å². The van der Waals surface area contributed by atoms with Crippen LogP contribution in [0.3, 0.4) is 0 Å². The minimum atomic E-state index is -0.0885. The van der Waals surface area contributed by atoms with Crippen LogP contribution in [0.25, 0.3) is 0 Å². The zero-order valence-corrected chi connectivity index (χ0v) is 13.2. The third-order valence-corrected chi connectivity index (χ3v) is 3.63. The second-order valence-corrected chi connectivity index (χ2v) is 5.32. The van der Waals surface area contributed by atoms with Crippen LogP contribution in [0, 0.1) is 5.92 Å². The molecule has 2 amide bonds. The number of fused-ring (bicyclic) bond motifs is 1. The van der Waals surface area contributed by atoms with Gasteiger partial charge in [-0.2, -0.15) is 0 Å². The molecule has 5 nitrogen and oxygen atoms in total. The highest BCUT2D eigenvalue weighted by atomic mass is 35.5. The molecule has 0 saturated heterocycles. The minimum absolute atomic E-state index is 0. The number of nitrogens with zero attached hydrogens (tertiary/aromatic N) is 1. The van der Waals surface area contributed by atoms with Crippen molar-refractivity contribution in [2.24, 2.45) is 11.7 Å². The van der Waals surface area contributed by atoms with Gasteiger partial charge in [0, 0.05) is 31.3 Å². The van der Waals surface area contributed by atoms with Gasteiger partial charge >= 0.3 is 0 Å². The van der Waals surface area contributed by atoms with E-state index in [-0.39, 0.29) is 30.1 Å². The molecule has 0 aromatic heterocycles. The summed E-state index contributed by atoms with van der Waals surface area (Å²) in [5, 5.41) is 2.88. The van der Waals surface area contributed by atoms with Crippen LogP contribution in [0.4, 0.5) is 5.69 Å². The Morgan fingerprint density at radius 1 is 1.43 bits per heavy atom. The lowest BCUT2D eigenvalue weighted by atomic mass is 10.1. The van der Waals surface area contributed by atoms with Crippen molar-refractivity contribution in [3.05, 3.63) is 29.3 Å². The number of nitrogens with two attached hydrogens (primary N) is 1. The molecule has 3 N–H and O–H groups in total. The molecular weight excluding hydrogens is 290 g/mol. The van der Waals surface area contributed by atoms with Crippen molar-refractivity contribution in [1.29, 1.82) is 0 Å². The maximum Gasteiger partial charge on any atom is 0.251 e. The molecule has 1 aromatic rings. The van der Waals surface area contributed by atoms with Crippen molar-refractivity contribution in [2.75, 3.05) is 24.5 Å². The van der Waals surface area contributed by atoms with Crippen molar-refractivity contribution >= 4 is 29.9 Å². The third kappa shape index (κ3) is 3.95. The van der Waals surface area contributed by atoms with E-state index in [4.69, 9.17) is 5.73 Å². The molecule has 1 aromatic carbocycles. The van der Waals surface area contributed by atoms with Crippen LogP contribution >= 0.6 is 12.4 Å². The minimum Gasteiger partial charge on any atom is -0.352 e. The summed E-state index contributed by atoms with van der Waals surface area (Å²) in [4.78, 5) is 25.3. The van der Waals surface area contributed by atoms with Crippen molar-refractivity contribution in [3.8, 4) is 0 Å². The fourth-order valence-electron chi connectivity index (χ4n) is 2.32. The molecule has 0 fully saturated rings. The SMILES string of the molecule is CC(=O)N1CCc2cc(C(=O)NCC(C)CN)ccc21.Cl. The number of hydrogen-bond donors (Lipinski definition) is 2. The van der Waals surface area contributed by atoms with E-state index in [1.807, 2.05) is 19.1 Å². The molecule has 1 atom stereocenters. The zero-order chi connectivity index (χ0) is 14.7. The summed E-state index contributed by atoms with van der Waals surface area (Å²) in [6.45, 7) is 5.38. The summed E-state index contributed by atoms with van der Waals surface area (Å²) in [7, 11) is 0.